The minimum Gasteiger partial charge on any atom is -0.382 e. The van der Waals surface area contributed by atoms with Gasteiger partial charge in [0.2, 0.25) is 0 Å². The first-order valence-corrected chi connectivity index (χ1v) is 4.50. The third-order valence-corrected chi connectivity index (χ3v) is 2.50. The quantitative estimate of drug-likeness (QED) is 0.692. The second-order valence-corrected chi connectivity index (χ2v) is 3.54. The fraction of sp³-hybridized carbons (Fsp3) is 0.333. The van der Waals surface area contributed by atoms with Gasteiger partial charge in [-0.05, 0) is 6.07 Å². The predicted molar refractivity (Wildman–Crippen MR) is 53.2 cm³/mol. The molecule has 0 saturated heterocycles. The summed E-state index contributed by atoms with van der Waals surface area (Å²) in [6, 6.07) is 3.09. The van der Waals surface area contributed by atoms with Gasteiger partial charge in [0.1, 0.15) is 5.82 Å². The lowest BCUT2D eigenvalue weighted by molar-refractivity contribution is 0.627. The Morgan fingerprint density at radius 1 is 1.54 bits per heavy atom. The molecule has 0 atom stereocenters. The van der Waals surface area contributed by atoms with Crippen molar-refractivity contribution < 1.29 is 4.39 Å². The van der Waals surface area contributed by atoms with E-state index in [0.29, 0.717) is 0 Å². The minimum absolute atomic E-state index is 0.168. The van der Waals surface area contributed by atoms with Gasteiger partial charge in [0.05, 0.1) is 16.4 Å². The molecular formula is C9H10ClFN2. The van der Waals surface area contributed by atoms with Crippen LogP contribution in [-0.4, -0.2) is 20.1 Å². The van der Waals surface area contributed by atoms with E-state index in [4.69, 9.17) is 11.6 Å². The van der Waals surface area contributed by atoms with Crippen LogP contribution in [0.4, 0.5) is 15.8 Å². The Morgan fingerprint density at radius 2 is 2.31 bits per heavy atom. The number of likely N-dealkylation sites (N-methyl/N-ethyl adjacent to an activating group) is 1. The van der Waals surface area contributed by atoms with Crippen molar-refractivity contribution in [1.29, 1.82) is 0 Å². The number of fused-ring (bicyclic) bond motifs is 1. The molecule has 1 aromatic carbocycles. The van der Waals surface area contributed by atoms with Crippen LogP contribution in [0.5, 0.6) is 0 Å². The van der Waals surface area contributed by atoms with Crippen molar-refractivity contribution in [1.82, 2.24) is 0 Å². The second kappa shape index (κ2) is 3.07. The fourth-order valence-corrected chi connectivity index (χ4v) is 1.64. The average molecular weight is 201 g/mol. The highest BCUT2D eigenvalue weighted by atomic mass is 35.5. The molecule has 1 heterocycles. The van der Waals surface area contributed by atoms with Crippen molar-refractivity contribution in [2.24, 2.45) is 0 Å². The Labute approximate surface area is 81.3 Å². The van der Waals surface area contributed by atoms with Gasteiger partial charge in [-0.1, -0.05) is 11.6 Å². The SMILES string of the molecule is CN1CCNc2cc(Cl)c(F)cc21. The lowest BCUT2D eigenvalue weighted by atomic mass is 10.2. The first-order chi connectivity index (χ1) is 6.18. The Morgan fingerprint density at radius 3 is 3.08 bits per heavy atom. The normalized spacial score (nSPS) is 15.2. The number of halogens is 2. The van der Waals surface area contributed by atoms with E-state index in [1.165, 1.54) is 6.07 Å². The predicted octanol–water partition coefficient (Wildman–Crippen LogP) is 2.34. The molecule has 0 saturated carbocycles. The molecule has 0 radical (unpaired) electrons. The molecule has 13 heavy (non-hydrogen) atoms. The summed E-state index contributed by atoms with van der Waals surface area (Å²) in [5.74, 6) is -0.365. The Bertz CT molecular complexity index is 341. The first-order valence-electron chi connectivity index (χ1n) is 4.12. The van der Waals surface area contributed by atoms with E-state index in [9.17, 15) is 4.39 Å². The van der Waals surface area contributed by atoms with E-state index >= 15 is 0 Å². The van der Waals surface area contributed by atoms with E-state index in [-0.39, 0.29) is 10.8 Å². The molecule has 0 aliphatic carbocycles. The molecule has 1 aliphatic heterocycles. The van der Waals surface area contributed by atoms with Crippen molar-refractivity contribution in [2.45, 2.75) is 0 Å². The summed E-state index contributed by atoms with van der Waals surface area (Å²) in [6.07, 6.45) is 0. The maximum Gasteiger partial charge on any atom is 0.144 e. The average Bonchev–Trinajstić information content (AvgIpc) is 2.09. The number of nitrogens with one attached hydrogen (secondary N) is 1. The zero-order valence-electron chi connectivity index (χ0n) is 7.27. The number of hydrogen-bond acceptors (Lipinski definition) is 2. The van der Waals surface area contributed by atoms with Crippen LogP contribution in [0.25, 0.3) is 0 Å². The van der Waals surface area contributed by atoms with Gasteiger partial charge >= 0.3 is 0 Å². The number of hydrogen-bond donors (Lipinski definition) is 1. The number of benzene rings is 1. The number of nitrogens with zero attached hydrogens (tertiary/aromatic N) is 1. The molecule has 1 aromatic rings. The molecular weight excluding hydrogens is 191 g/mol. The van der Waals surface area contributed by atoms with Gasteiger partial charge in [-0.25, -0.2) is 4.39 Å². The third kappa shape index (κ3) is 1.44. The van der Waals surface area contributed by atoms with E-state index in [1.807, 2.05) is 11.9 Å². The largest absolute Gasteiger partial charge is 0.382 e. The van der Waals surface area contributed by atoms with Crippen molar-refractivity contribution in [3.05, 3.63) is 23.0 Å². The van der Waals surface area contributed by atoms with Crippen LogP contribution >= 0.6 is 11.6 Å². The summed E-state index contributed by atoms with van der Waals surface area (Å²) in [5, 5.41) is 3.34. The van der Waals surface area contributed by atoms with Gasteiger partial charge in [0.25, 0.3) is 0 Å². The molecule has 1 N–H and O–H groups in total. The maximum absolute atomic E-state index is 13.1. The summed E-state index contributed by atoms with van der Waals surface area (Å²) in [5.41, 5.74) is 1.77. The topological polar surface area (TPSA) is 15.3 Å². The standard InChI is InChI=1S/C9H10ClFN2/c1-13-3-2-12-8-4-6(10)7(11)5-9(8)13/h4-5,12H,2-3H2,1H3. The van der Waals surface area contributed by atoms with Crippen LogP contribution in [0.3, 0.4) is 0 Å². The first kappa shape index (κ1) is 8.63. The third-order valence-electron chi connectivity index (χ3n) is 2.21. The molecule has 0 unspecified atom stereocenters. The van der Waals surface area contributed by atoms with Crippen LogP contribution in [0.15, 0.2) is 12.1 Å². The number of rotatable bonds is 0. The molecule has 2 rings (SSSR count). The van der Waals surface area contributed by atoms with Gasteiger partial charge in [-0.2, -0.15) is 0 Å². The highest BCUT2D eigenvalue weighted by Crippen LogP contribution is 2.32. The van der Waals surface area contributed by atoms with Crippen molar-refractivity contribution >= 4 is 23.0 Å². The van der Waals surface area contributed by atoms with Crippen molar-refractivity contribution in [2.75, 3.05) is 30.4 Å². The van der Waals surface area contributed by atoms with E-state index < -0.39 is 0 Å². The van der Waals surface area contributed by atoms with Crippen LogP contribution in [-0.2, 0) is 0 Å². The molecule has 70 valence electrons. The Hall–Kier alpha value is -0.960. The van der Waals surface area contributed by atoms with Gasteiger partial charge in [0, 0.05) is 26.2 Å². The van der Waals surface area contributed by atoms with E-state index in [1.54, 1.807) is 6.07 Å². The Balaban J connectivity index is 2.52. The zero-order chi connectivity index (χ0) is 9.42. The second-order valence-electron chi connectivity index (χ2n) is 3.13. The van der Waals surface area contributed by atoms with E-state index in [0.717, 1.165) is 24.5 Å². The monoisotopic (exact) mass is 200 g/mol. The molecule has 1 aliphatic rings. The van der Waals surface area contributed by atoms with Gasteiger partial charge in [-0.15, -0.1) is 0 Å². The molecule has 0 aromatic heterocycles. The summed E-state index contributed by atoms with van der Waals surface area (Å²) in [7, 11) is 1.94. The van der Waals surface area contributed by atoms with Crippen LogP contribution < -0.4 is 10.2 Å². The molecule has 0 bridgehead atoms. The minimum atomic E-state index is -0.365. The smallest absolute Gasteiger partial charge is 0.144 e. The summed E-state index contributed by atoms with van der Waals surface area (Å²) >= 11 is 5.66. The molecule has 0 amide bonds. The van der Waals surface area contributed by atoms with Crippen molar-refractivity contribution in [3.8, 4) is 0 Å². The van der Waals surface area contributed by atoms with Crippen LogP contribution in [0, 0.1) is 5.82 Å². The van der Waals surface area contributed by atoms with Crippen molar-refractivity contribution in [3.63, 3.8) is 0 Å². The summed E-state index contributed by atoms with van der Waals surface area (Å²) in [4.78, 5) is 2.01. The van der Waals surface area contributed by atoms with Crippen LogP contribution in [0.2, 0.25) is 5.02 Å². The Kier molecular flexibility index (Phi) is 2.04. The molecule has 4 heteroatoms. The van der Waals surface area contributed by atoms with Crippen LogP contribution in [0.1, 0.15) is 0 Å². The lowest BCUT2D eigenvalue weighted by Gasteiger charge is -2.28. The summed E-state index contributed by atoms with van der Waals surface area (Å²) in [6.45, 7) is 1.75. The molecule has 2 nitrogen and oxygen atoms in total. The molecule has 0 spiro atoms. The van der Waals surface area contributed by atoms with Gasteiger partial charge in [0.15, 0.2) is 0 Å². The zero-order valence-corrected chi connectivity index (χ0v) is 8.03. The summed E-state index contributed by atoms with van der Waals surface area (Å²) < 4.78 is 13.1. The maximum atomic E-state index is 13.1. The van der Waals surface area contributed by atoms with Gasteiger partial charge in [-0.3, -0.25) is 0 Å². The fourth-order valence-electron chi connectivity index (χ4n) is 1.47. The highest BCUT2D eigenvalue weighted by Gasteiger charge is 2.15. The van der Waals surface area contributed by atoms with Gasteiger partial charge < -0.3 is 10.2 Å². The molecule has 0 fully saturated rings. The van der Waals surface area contributed by atoms with E-state index in [2.05, 4.69) is 5.32 Å². The highest BCUT2D eigenvalue weighted by molar-refractivity contribution is 6.31. The number of anilines is 2. The lowest BCUT2D eigenvalue weighted by Crippen LogP contribution is -2.30.